The Kier molecular flexibility index (Phi) is 9.52. The number of hydrogen-bond acceptors (Lipinski definition) is 6. The first kappa shape index (κ1) is 31.8. The fraction of sp³-hybridized carbons (Fsp3) is 0.606. The predicted molar refractivity (Wildman–Crippen MR) is 165 cm³/mol. The lowest BCUT2D eigenvalue weighted by Gasteiger charge is -2.38. The van der Waals surface area contributed by atoms with Crippen molar-refractivity contribution in [2.75, 3.05) is 56.2 Å². The zero-order valence-corrected chi connectivity index (χ0v) is 25.9. The molecule has 9 heteroatoms. The Hall–Kier alpha value is -3.17. The van der Waals surface area contributed by atoms with E-state index in [1.165, 1.54) is 0 Å². The molecule has 4 rings (SSSR count). The van der Waals surface area contributed by atoms with Gasteiger partial charge in [-0.2, -0.15) is 0 Å². The van der Waals surface area contributed by atoms with E-state index >= 15 is 0 Å². The Morgan fingerprint density at radius 1 is 1.07 bits per heavy atom. The van der Waals surface area contributed by atoms with E-state index in [-0.39, 0.29) is 36.8 Å². The van der Waals surface area contributed by atoms with Crippen molar-refractivity contribution in [1.82, 2.24) is 9.80 Å². The molecule has 1 aromatic rings. The molecule has 3 aliphatic heterocycles. The van der Waals surface area contributed by atoms with Crippen LogP contribution in [0, 0.1) is 17.8 Å². The van der Waals surface area contributed by atoms with Crippen molar-refractivity contribution in [3.63, 3.8) is 0 Å². The van der Waals surface area contributed by atoms with Gasteiger partial charge >= 0.3 is 0 Å². The van der Waals surface area contributed by atoms with Crippen LogP contribution >= 0.6 is 0 Å². The first-order valence-electron chi connectivity index (χ1n) is 15.3. The molecule has 0 saturated carbocycles. The Labute approximate surface area is 250 Å². The topological polar surface area (TPSA) is 93.6 Å². The number of aliphatic hydroxyl groups is 1. The van der Waals surface area contributed by atoms with Crippen molar-refractivity contribution in [1.29, 1.82) is 0 Å². The summed E-state index contributed by atoms with van der Waals surface area (Å²) < 4.78 is 6.87. The Balaban J connectivity index is 1.78. The van der Waals surface area contributed by atoms with Crippen molar-refractivity contribution in [2.24, 2.45) is 17.8 Å². The van der Waals surface area contributed by atoms with Gasteiger partial charge in [0.1, 0.15) is 11.6 Å². The standard InChI is InChI=1S/C33H48N4O5/c1-8-18-34(7)29(39)26-27-30(40)37(20-12-13-21-38)28(33(27)22-23(5)32(26,6)42-33)31(41)36(19-9-2)25-16-14-24(15-17-25)35(10-3)11-4/h8-9,14-17,23,26-28,38H,1-2,10-13,18-22H2,3-7H3/t23?,26-,27-,28?,32+,33?/m0/s1. The van der Waals surface area contributed by atoms with Gasteiger partial charge in [-0.1, -0.05) is 19.1 Å². The summed E-state index contributed by atoms with van der Waals surface area (Å²) in [5.74, 6) is -2.14. The van der Waals surface area contributed by atoms with Crippen molar-refractivity contribution in [3.05, 3.63) is 49.6 Å². The molecule has 3 unspecified atom stereocenters. The number of benzene rings is 1. The average molecular weight is 581 g/mol. The van der Waals surface area contributed by atoms with Gasteiger partial charge in [-0.05, 0) is 70.2 Å². The summed E-state index contributed by atoms with van der Waals surface area (Å²) in [5.41, 5.74) is -0.225. The third kappa shape index (κ3) is 5.04. The van der Waals surface area contributed by atoms with Gasteiger partial charge in [-0.3, -0.25) is 14.4 Å². The summed E-state index contributed by atoms with van der Waals surface area (Å²) in [6, 6.07) is 6.99. The van der Waals surface area contributed by atoms with Gasteiger partial charge in [-0.25, -0.2) is 0 Å². The van der Waals surface area contributed by atoms with E-state index in [2.05, 4.69) is 31.9 Å². The minimum absolute atomic E-state index is 0.00421. The summed E-state index contributed by atoms with van der Waals surface area (Å²) in [5, 5.41) is 9.47. The van der Waals surface area contributed by atoms with Crippen LogP contribution in [0.3, 0.4) is 0 Å². The molecule has 9 nitrogen and oxygen atoms in total. The summed E-state index contributed by atoms with van der Waals surface area (Å²) in [7, 11) is 1.71. The number of aliphatic hydroxyl groups excluding tert-OH is 1. The van der Waals surface area contributed by atoms with E-state index in [1.54, 1.807) is 33.9 Å². The summed E-state index contributed by atoms with van der Waals surface area (Å²) in [6.07, 6.45) is 4.90. The molecule has 6 atom stereocenters. The molecule has 1 spiro atoms. The number of rotatable bonds is 14. The van der Waals surface area contributed by atoms with Gasteiger partial charge in [0, 0.05) is 57.8 Å². The van der Waals surface area contributed by atoms with Gasteiger partial charge in [-0.15, -0.1) is 13.2 Å². The molecule has 0 aliphatic carbocycles. The number of anilines is 2. The molecule has 3 amide bonds. The molecule has 3 heterocycles. The number of likely N-dealkylation sites (tertiary alicyclic amines) is 1. The molecule has 1 N–H and O–H groups in total. The fourth-order valence-corrected chi connectivity index (χ4v) is 7.58. The van der Waals surface area contributed by atoms with Gasteiger partial charge < -0.3 is 29.4 Å². The highest BCUT2D eigenvalue weighted by atomic mass is 16.5. The molecular weight excluding hydrogens is 532 g/mol. The van der Waals surface area contributed by atoms with Crippen LogP contribution in [0.5, 0.6) is 0 Å². The van der Waals surface area contributed by atoms with Crippen molar-refractivity contribution in [3.8, 4) is 0 Å². The molecule has 230 valence electrons. The number of likely N-dealkylation sites (N-methyl/N-ethyl adjacent to an activating group) is 1. The van der Waals surface area contributed by atoms with Crippen LogP contribution in [0.2, 0.25) is 0 Å². The maximum Gasteiger partial charge on any atom is 0.253 e. The molecule has 42 heavy (non-hydrogen) atoms. The zero-order valence-electron chi connectivity index (χ0n) is 25.9. The molecule has 3 aliphatic rings. The molecule has 0 radical (unpaired) electrons. The Morgan fingerprint density at radius 2 is 1.69 bits per heavy atom. The van der Waals surface area contributed by atoms with Crippen LogP contribution in [-0.2, 0) is 19.1 Å². The number of nitrogens with zero attached hydrogens (tertiary/aromatic N) is 4. The van der Waals surface area contributed by atoms with E-state index in [0.717, 1.165) is 18.8 Å². The maximum absolute atomic E-state index is 14.7. The average Bonchev–Trinajstić information content (AvgIpc) is 3.49. The van der Waals surface area contributed by atoms with E-state index < -0.39 is 29.1 Å². The largest absolute Gasteiger partial charge is 0.396 e. The smallest absolute Gasteiger partial charge is 0.253 e. The van der Waals surface area contributed by atoms with Crippen LogP contribution in [0.1, 0.15) is 47.0 Å². The first-order valence-corrected chi connectivity index (χ1v) is 15.3. The van der Waals surface area contributed by atoms with Gasteiger partial charge in [0.15, 0.2) is 0 Å². The van der Waals surface area contributed by atoms with Crippen molar-refractivity contribution >= 4 is 29.1 Å². The second-order valence-electron chi connectivity index (χ2n) is 12.1. The first-order chi connectivity index (χ1) is 20.1. The van der Waals surface area contributed by atoms with E-state index in [4.69, 9.17) is 4.74 Å². The van der Waals surface area contributed by atoms with E-state index in [9.17, 15) is 19.5 Å². The number of hydrogen-bond donors (Lipinski definition) is 1. The van der Waals surface area contributed by atoms with Crippen LogP contribution in [0.25, 0.3) is 0 Å². The summed E-state index contributed by atoms with van der Waals surface area (Å²) in [6.45, 7) is 18.5. The van der Waals surface area contributed by atoms with Crippen molar-refractivity contribution < 1.29 is 24.2 Å². The Morgan fingerprint density at radius 3 is 2.26 bits per heavy atom. The van der Waals surface area contributed by atoms with E-state index in [0.29, 0.717) is 38.0 Å². The van der Waals surface area contributed by atoms with Gasteiger partial charge in [0.25, 0.3) is 5.91 Å². The van der Waals surface area contributed by atoms with Crippen molar-refractivity contribution in [2.45, 2.75) is 64.2 Å². The molecule has 3 fully saturated rings. The number of amides is 3. The number of ether oxygens (including phenoxy) is 1. The Bertz CT molecular complexity index is 1180. The van der Waals surface area contributed by atoms with E-state index in [1.807, 2.05) is 38.1 Å². The highest BCUT2D eigenvalue weighted by Gasteiger charge is 2.80. The predicted octanol–water partition coefficient (Wildman–Crippen LogP) is 3.48. The second kappa shape index (κ2) is 12.6. The van der Waals surface area contributed by atoms with Crippen LogP contribution < -0.4 is 9.80 Å². The lowest BCUT2D eigenvalue weighted by Crippen LogP contribution is -2.57. The van der Waals surface area contributed by atoms with Crippen LogP contribution in [0.15, 0.2) is 49.6 Å². The lowest BCUT2D eigenvalue weighted by molar-refractivity contribution is -0.150. The third-order valence-corrected chi connectivity index (χ3v) is 9.77. The number of carbonyl (C=O) groups excluding carboxylic acids is 3. The minimum Gasteiger partial charge on any atom is -0.396 e. The third-order valence-electron chi connectivity index (χ3n) is 9.77. The minimum atomic E-state index is -1.13. The molecule has 2 bridgehead atoms. The van der Waals surface area contributed by atoms with Crippen LogP contribution in [-0.4, -0.2) is 96.3 Å². The SMILES string of the molecule is C=CCN(C)C(=O)[C@@H]1[C@H]2C(=O)N(CCCCO)C(C(=O)N(CC=C)c3ccc(N(CC)CC)cc3)C23CC(C)[C@@]1(C)O3. The number of unbranched alkanes of at least 4 members (excludes halogenated alkanes) is 1. The fourth-order valence-electron chi connectivity index (χ4n) is 7.58. The van der Waals surface area contributed by atoms with Gasteiger partial charge in [0.05, 0.1) is 17.4 Å². The lowest BCUT2D eigenvalue weighted by atomic mass is 9.62. The highest BCUT2D eigenvalue weighted by Crippen LogP contribution is 2.65. The van der Waals surface area contributed by atoms with Gasteiger partial charge in [0.2, 0.25) is 11.8 Å². The van der Waals surface area contributed by atoms with Crippen LogP contribution in [0.4, 0.5) is 11.4 Å². The molecular formula is C33H48N4O5. The highest BCUT2D eigenvalue weighted by molar-refractivity contribution is 6.05. The molecule has 3 saturated heterocycles. The second-order valence-corrected chi connectivity index (χ2v) is 12.1. The molecule has 0 aromatic heterocycles. The summed E-state index contributed by atoms with van der Waals surface area (Å²) in [4.78, 5) is 50.1. The zero-order chi connectivity index (χ0) is 30.8. The number of carbonyl (C=O) groups is 3. The molecule has 1 aromatic carbocycles. The normalized spacial score (nSPS) is 29.4. The summed E-state index contributed by atoms with van der Waals surface area (Å²) >= 11 is 0. The maximum atomic E-state index is 14.7. The quantitative estimate of drug-likeness (QED) is 0.268. The monoisotopic (exact) mass is 580 g/mol. The number of fused-ring (bicyclic) bond motifs is 1.